The Morgan fingerprint density at radius 3 is 2.82 bits per heavy atom. The van der Waals surface area contributed by atoms with Gasteiger partial charge in [0.15, 0.2) is 0 Å². The van der Waals surface area contributed by atoms with Gasteiger partial charge in [-0.1, -0.05) is 6.92 Å². The number of aliphatic hydroxyl groups excluding tert-OH is 1. The molecule has 1 atom stereocenters. The number of aromatic nitrogens is 1. The Kier molecular flexibility index (Phi) is 4.45. The van der Waals surface area contributed by atoms with Gasteiger partial charge >= 0.3 is 5.97 Å². The Hall–Kier alpha value is -1.62. The molecule has 94 valence electrons. The van der Waals surface area contributed by atoms with E-state index in [0.29, 0.717) is 12.1 Å². The van der Waals surface area contributed by atoms with Crippen LogP contribution in [-0.2, 0) is 0 Å². The van der Waals surface area contributed by atoms with E-state index in [0.717, 1.165) is 6.42 Å². The Morgan fingerprint density at radius 1 is 1.59 bits per heavy atom. The van der Waals surface area contributed by atoms with Gasteiger partial charge in [0.2, 0.25) is 0 Å². The van der Waals surface area contributed by atoms with Crippen molar-refractivity contribution in [2.24, 2.45) is 0 Å². The van der Waals surface area contributed by atoms with Crippen LogP contribution >= 0.6 is 0 Å². The van der Waals surface area contributed by atoms with Crippen molar-refractivity contribution in [2.75, 3.05) is 11.9 Å². The molecule has 0 amide bonds. The average Bonchev–Trinajstić information content (AvgIpc) is 2.29. The standard InChI is InChI=1S/C12H18N2O3/c1-3-12(2,5-7-15)14-10-8-13-6-4-9(10)11(16)17/h4,6,8,14-15H,3,5,7H2,1-2H3,(H,16,17). The number of anilines is 1. The molecule has 0 spiro atoms. The molecule has 1 aromatic rings. The number of carboxylic acids is 1. The molecule has 3 N–H and O–H groups in total. The summed E-state index contributed by atoms with van der Waals surface area (Å²) in [5, 5.41) is 21.2. The third-order valence-electron chi connectivity index (χ3n) is 2.93. The van der Waals surface area contributed by atoms with Crippen molar-refractivity contribution in [3.63, 3.8) is 0 Å². The first-order valence-electron chi connectivity index (χ1n) is 5.59. The predicted octanol–water partition coefficient (Wildman–Crippen LogP) is 1.74. The molecule has 17 heavy (non-hydrogen) atoms. The second-order valence-corrected chi connectivity index (χ2v) is 4.24. The number of carbonyl (C=O) groups is 1. The molecule has 0 bridgehead atoms. The summed E-state index contributed by atoms with van der Waals surface area (Å²) < 4.78 is 0. The minimum Gasteiger partial charge on any atom is -0.478 e. The fourth-order valence-electron chi connectivity index (χ4n) is 1.58. The zero-order valence-electron chi connectivity index (χ0n) is 10.1. The van der Waals surface area contributed by atoms with Crippen LogP contribution in [0.15, 0.2) is 18.5 Å². The van der Waals surface area contributed by atoms with Gasteiger partial charge in [-0.15, -0.1) is 0 Å². The van der Waals surface area contributed by atoms with E-state index in [-0.39, 0.29) is 17.7 Å². The molecule has 1 unspecified atom stereocenters. The summed E-state index contributed by atoms with van der Waals surface area (Å²) in [4.78, 5) is 15.0. The largest absolute Gasteiger partial charge is 0.478 e. The van der Waals surface area contributed by atoms with Gasteiger partial charge in [0.1, 0.15) is 0 Å². The molecule has 0 saturated carbocycles. The third-order valence-corrected chi connectivity index (χ3v) is 2.93. The summed E-state index contributed by atoms with van der Waals surface area (Å²) in [6.45, 7) is 3.99. The lowest BCUT2D eigenvalue weighted by Crippen LogP contribution is -2.35. The predicted molar refractivity (Wildman–Crippen MR) is 65.2 cm³/mol. The van der Waals surface area contributed by atoms with Gasteiger partial charge in [-0.25, -0.2) is 4.79 Å². The zero-order chi connectivity index (χ0) is 12.9. The first-order chi connectivity index (χ1) is 8.02. The number of nitrogens with one attached hydrogen (secondary N) is 1. The van der Waals surface area contributed by atoms with Gasteiger partial charge in [0, 0.05) is 18.3 Å². The molecule has 5 nitrogen and oxygen atoms in total. The molecule has 5 heteroatoms. The number of aromatic carboxylic acids is 1. The van der Waals surface area contributed by atoms with Gasteiger partial charge < -0.3 is 15.5 Å². The van der Waals surface area contributed by atoms with Crippen LogP contribution in [0, 0.1) is 0 Å². The Balaban J connectivity index is 2.97. The molecule has 0 aliphatic carbocycles. The molecule has 0 aliphatic heterocycles. The summed E-state index contributed by atoms with van der Waals surface area (Å²) >= 11 is 0. The molecule has 0 aromatic carbocycles. The van der Waals surface area contributed by atoms with Crippen molar-refractivity contribution in [3.05, 3.63) is 24.0 Å². The van der Waals surface area contributed by atoms with E-state index in [2.05, 4.69) is 10.3 Å². The van der Waals surface area contributed by atoms with Gasteiger partial charge in [-0.3, -0.25) is 4.98 Å². The highest BCUT2D eigenvalue weighted by molar-refractivity contribution is 5.93. The van der Waals surface area contributed by atoms with Gasteiger partial charge in [-0.05, 0) is 25.8 Å². The van der Waals surface area contributed by atoms with Crippen molar-refractivity contribution in [2.45, 2.75) is 32.2 Å². The maximum atomic E-state index is 11.0. The molecule has 1 rings (SSSR count). The summed E-state index contributed by atoms with van der Waals surface area (Å²) in [6, 6.07) is 1.46. The van der Waals surface area contributed by atoms with Crippen LogP contribution in [0.2, 0.25) is 0 Å². The molecule has 0 fully saturated rings. The zero-order valence-corrected chi connectivity index (χ0v) is 10.1. The first-order valence-corrected chi connectivity index (χ1v) is 5.59. The molecule has 0 radical (unpaired) electrons. The number of carboxylic acid groups (broad SMARTS) is 1. The Labute approximate surface area is 101 Å². The van der Waals surface area contributed by atoms with E-state index in [1.807, 2.05) is 13.8 Å². The third kappa shape index (κ3) is 3.42. The lowest BCUT2D eigenvalue weighted by Gasteiger charge is -2.30. The number of pyridine rings is 1. The molecule has 0 saturated heterocycles. The number of aliphatic hydroxyl groups is 1. The van der Waals surface area contributed by atoms with Crippen molar-refractivity contribution in [1.29, 1.82) is 0 Å². The summed E-state index contributed by atoms with van der Waals surface area (Å²) in [7, 11) is 0. The van der Waals surface area contributed by atoms with Crippen molar-refractivity contribution in [3.8, 4) is 0 Å². The SMILES string of the molecule is CCC(C)(CCO)Nc1cnccc1C(=O)O. The van der Waals surface area contributed by atoms with Gasteiger partial charge in [-0.2, -0.15) is 0 Å². The van der Waals surface area contributed by atoms with E-state index < -0.39 is 5.97 Å². The second kappa shape index (κ2) is 5.63. The minimum absolute atomic E-state index is 0.0556. The van der Waals surface area contributed by atoms with Crippen LogP contribution in [0.5, 0.6) is 0 Å². The van der Waals surface area contributed by atoms with Crippen molar-refractivity contribution < 1.29 is 15.0 Å². The fraction of sp³-hybridized carbons (Fsp3) is 0.500. The first kappa shape index (κ1) is 13.4. The maximum absolute atomic E-state index is 11.0. The van der Waals surface area contributed by atoms with E-state index >= 15 is 0 Å². The molecular formula is C12H18N2O3. The monoisotopic (exact) mass is 238 g/mol. The van der Waals surface area contributed by atoms with Gasteiger partial charge in [0.05, 0.1) is 17.4 Å². The van der Waals surface area contributed by atoms with Gasteiger partial charge in [0.25, 0.3) is 0 Å². The topological polar surface area (TPSA) is 82.5 Å². The highest BCUT2D eigenvalue weighted by atomic mass is 16.4. The highest BCUT2D eigenvalue weighted by Crippen LogP contribution is 2.23. The molecular weight excluding hydrogens is 220 g/mol. The lowest BCUT2D eigenvalue weighted by atomic mass is 9.94. The van der Waals surface area contributed by atoms with E-state index in [4.69, 9.17) is 10.2 Å². The number of hydrogen-bond acceptors (Lipinski definition) is 4. The maximum Gasteiger partial charge on any atom is 0.337 e. The summed E-state index contributed by atoms with van der Waals surface area (Å²) in [6.07, 6.45) is 4.28. The summed E-state index contributed by atoms with van der Waals surface area (Å²) in [5.41, 5.74) is 0.345. The van der Waals surface area contributed by atoms with E-state index in [9.17, 15) is 4.79 Å². The number of hydrogen-bond donors (Lipinski definition) is 3. The minimum atomic E-state index is -0.989. The van der Waals surface area contributed by atoms with Crippen LogP contribution in [0.1, 0.15) is 37.0 Å². The van der Waals surface area contributed by atoms with Crippen LogP contribution in [0.25, 0.3) is 0 Å². The van der Waals surface area contributed by atoms with Crippen LogP contribution in [-0.4, -0.2) is 33.3 Å². The van der Waals surface area contributed by atoms with Crippen LogP contribution in [0.4, 0.5) is 5.69 Å². The molecule has 1 aromatic heterocycles. The van der Waals surface area contributed by atoms with Crippen LogP contribution in [0.3, 0.4) is 0 Å². The Bertz CT molecular complexity index is 395. The smallest absolute Gasteiger partial charge is 0.337 e. The van der Waals surface area contributed by atoms with Crippen molar-refractivity contribution >= 4 is 11.7 Å². The number of rotatable bonds is 6. The average molecular weight is 238 g/mol. The van der Waals surface area contributed by atoms with Crippen LogP contribution < -0.4 is 5.32 Å². The normalized spacial score (nSPS) is 14.1. The fourth-order valence-corrected chi connectivity index (χ4v) is 1.58. The lowest BCUT2D eigenvalue weighted by molar-refractivity contribution is 0.0697. The summed E-state index contributed by atoms with van der Waals surface area (Å²) in [5.74, 6) is -0.989. The Morgan fingerprint density at radius 2 is 2.29 bits per heavy atom. The van der Waals surface area contributed by atoms with E-state index in [1.165, 1.54) is 18.5 Å². The quantitative estimate of drug-likeness (QED) is 0.703. The molecule has 1 heterocycles. The second-order valence-electron chi connectivity index (χ2n) is 4.24. The molecule has 0 aliphatic rings. The van der Waals surface area contributed by atoms with E-state index in [1.54, 1.807) is 0 Å². The highest BCUT2D eigenvalue weighted by Gasteiger charge is 2.23. The van der Waals surface area contributed by atoms with Crippen molar-refractivity contribution in [1.82, 2.24) is 4.98 Å². The number of nitrogens with zero attached hydrogens (tertiary/aromatic N) is 1.